The van der Waals surface area contributed by atoms with Gasteiger partial charge in [0, 0.05) is 38.6 Å². The summed E-state index contributed by atoms with van der Waals surface area (Å²) in [6, 6.07) is 17.4. The molecule has 1 fully saturated rings. The van der Waals surface area contributed by atoms with E-state index in [-0.39, 0.29) is 25.9 Å². The summed E-state index contributed by atoms with van der Waals surface area (Å²) in [6.45, 7) is 9.79. The van der Waals surface area contributed by atoms with Crippen LogP contribution in [0.1, 0.15) is 70.4 Å². The number of carbonyl (C=O) groups excluding carboxylic acids is 2. The molecule has 2 aromatic carbocycles. The maximum Gasteiger partial charge on any atom is 0.330 e. The first kappa shape index (κ1) is 43.6. The summed E-state index contributed by atoms with van der Waals surface area (Å²) in [5.74, 6) is -2.63. The zero-order valence-electron chi connectivity index (χ0n) is 32.3. The Kier molecular flexibility index (Phi) is 17.9. The standard InChI is InChI=1S/C42H58O11/c1-9-10-11-15-18-37(43)52-40-33(26-38(44)47-6)25-35(53-42(40,45)41(3,4)24-23-39(48-7)49-8)27-36(30(2)50-28-31-16-13-12-14-17-31)51-29-32-19-21-34(46-5)22-20-32/h9,12-14,16-17,19-24,26,30,35-36,39-40,45H,1,10-11,15,18,25,27-29H2,2-8H3/b24-23+,33-26+/t30-,35-,36+,40-,42+/m0/s1. The molecule has 1 N–H and O–H groups in total. The number of allylic oxidation sites excluding steroid dienone is 1. The maximum atomic E-state index is 13.3. The molecule has 3 rings (SSSR count). The molecule has 1 aliphatic heterocycles. The van der Waals surface area contributed by atoms with Crippen molar-refractivity contribution in [3.05, 3.63) is 102 Å². The molecule has 292 valence electrons. The number of aliphatic hydroxyl groups is 1. The van der Waals surface area contributed by atoms with Gasteiger partial charge in [0.25, 0.3) is 0 Å². The van der Waals surface area contributed by atoms with Crippen LogP contribution in [0, 0.1) is 5.41 Å². The molecule has 11 heteroatoms. The first-order chi connectivity index (χ1) is 25.4. The Morgan fingerprint density at radius 1 is 0.981 bits per heavy atom. The predicted octanol–water partition coefficient (Wildman–Crippen LogP) is 7.01. The van der Waals surface area contributed by atoms with Crippen molar-refractivity contribution < 1.29 is 52.6 Å². The molecule has 11 nitrogen and oxygen atoms in total. The lowest BCUT2D eigenvalue weighted by Gasteiger charge is -2.51. The molecule has 0 bridgehead atoms. The Morgan fingerprint density at radius 3 is 2.26 bits per heavy atom. The third kappa shape index (κ3) is 13.2. The Hall–Kier alpha value is -3.84. The molecule has 0 aliphatic carbocycles. The van der Waals surface area contributed by atoms with Crippen LogP contribution >= 0.6 is 0 Å². The van der Waals surface area contributed by atoms with Crippen molar-refractivity contribution in [1.29, 1.82) is 0 Å². The molecule has 0 unspecified atom stereocenters. The highest BCUT2D eigenvalue weighted by Crippen LogP contribution is 2.47. The van der Waals surface area contributed by atoms with E-state index in [1.807, 2.05) is 61.5 Å². The minimum absolute atomic E-state index is 0.110. The van der Waals surface area contributed by atoms with Crippen molar-refractivity contribution in [1.82, 2.24) is 0 Å². The van der Waals surface area contributed by atoms with Crippen LogP contribution in [0.15, 0.2) is 91.1 Å². The summed E-state index contributed by atoms with van der Waals surface area (Å²) < 4.78 is 46.6. The van der Waals surface area contributed by atoms with Gasteiger partial charge in [-0.2, -0.15) is 0 Å². The third-order valence-corrected chi connectivity index (χ3v) is 9.35. The molecule has 2 aromatic rings. The molecule has 1 aliphatic rings. The number of methoxy groups -OCH3 is 4. The summed E-state index contributed by atoms with van der Waals surface area (Å²) in [5, 5.41) is 12.7. The van der Waals surface area contributed by atoms with Gasteiger partial charge in [-0.1, -0.05) is 68.5 Å². The number of unbranched alkanes of at least 4 members (excludes halogenated alkanes) is 2. The van der Waals surface area contributed by atoms with Gasteiger partial charge < -0.3 is 43.0 Å². The van der Waals surface area contributed by atoms with Gasteiger partial charge in [-0.15, -0.1) is 6.58 Å². The SMILES string of the molecule is C=CCCCCC(=O)O[C@H]1/C(=C/C(=O)OC)C[C@@H](C[C@@H](OCc2ccc(OC)cc2)[C@H](C)OCc2ccccc2)O[C@@]1(O)C(C)(C)/C=C/C(OC)OC. The average Bonchev–Trinajstić information content (AvgIpc) is 3.16. The summed E-state index contributed by atoms with van der Waals surface area (Å²) >= 11 is 0. The number of hydrogen-bond donors (Lipinski definition) is 1. The first-order valence-corrected chi connectivity index (χ1v) is 18.0. The van der Waals surface area contributed by atoms with E-state index in [1.165, 1.54) is 27.4 Å². The van der Waals surface area contributed by atoms with Crippen LogP contribution in [0.2, 0.25) is 0 Å². The normalized spacial score (nSPS) is 21.0. The Labute approximate surface area is 314 Å². The van der Waals surface area contributed by atoms with Crippen LogP contribution in [0.25, 0.3) is 0 Å². The zero-order chi connectivity index (χ0) is 38.9. The van der Waals surface area contributed by atoms with Crippen molar-refractivity contribution in [3.63, 3.8) is 0 Å². The fraction of sp³-hybridized carbons (Fsp3) is 0.524. The van der Waals surface area contributed by atoms with E-state index in [0.717, 1.165) is 29.7 Å². The van der Waals surface area contributed by atoms with Crippen LogP contribution in [0.3, 0.4) is 0 Å². The van der Waals surface area contributed by atoms with Gasteiger partial charge >= 0.3 is 11.9 Å². The minimum atomic E-state index is -2.16. The molecular weight excluding hydrogens is 680 g/mol. The van der Waals surface area contributed by atoms with Crippen LogP contribution in [0.5, 0.6) is 5.75 Å². The highest BCUT2D eigenvalue weighted by Gasteiger charge is 2.57. The van der Waals surface area contributed by atoms with Gasteiger partial charge in [0.05, 0.1) is 45.7 Å². The van der Waals surface area contributed by atoms with E-state index in [2.05, 4.69) is 6.58 Å². The number of benzene rings is 2. The molecular formula is C42H58O11. The van der Waals surface area contributed by atoms with Gasteiger partial charge in [-0.05, 0) is 67.5 Å². The second-order valence-corrected chi connectivity index (χ2v) is 13.6. The molecule has 0 aromatic heterocycles. The largest absolute Gasteiger partial charge is 0.497 e. The molecule has 0 radical (unpaired) electrons. The molecule has 5 atom stereocenters. The van der Waals surface area contributed by atoms with Gasteiger partial charge in [0.1, 0.15) is 5.75 Å². The van der Waals surface area contributed by atoms with E-state index in [0.29, 0.717) is 18.6 Å². The van der Waals surface area contributed by atoms with E-state index >= 15 is 0 Å². The average molecular weight is 739 g/mol. The maximum absolute atomic E-state index is 13.3. The molecule has 1 heterocycles. The fourth-order valence-electron chi connectivity index (χ4n) is 6.03. The molecule has 0 spiro atoms. The van der Waals surface area contributed by atoms with Crippen molar-refractivity contribution in [2.75, 3.05) is 28.4 Å². The summed E-state index contributed by atoms with van der Waals surface area (Å²) in [5.41, 5.74) is 1.06. The first-order valence-electron chi connectivity index (χ1n) is 18.0. The predicted molar refractivity (Wildman–Crippen MR) is 201 cm³/mol. The summed E-state index contributed by atoms with van der Waals surface area (Å²) in [7, 11) is 5.87. The van der Waals surface area contributed by atoms with Crippen molar-refractivity contribution >= 4 is 11.9 Å². The Morgan fingerprint density at radius 2 is 1.64 bits per heavy atom. The van der Waals surface area contributed by atoms with Crippen LogP contribution in [0.4, 0.5) is 0 Å². The van der Waals surface area contributed by atoms with E-state index in [4.69, 9.17) is 37.9 Å². The zero-order valence-corrected chi connectivity index (χ0v) is 32.3. The van der Waals surface area contributed by atoms with E-state index < -0.39 is 53.8 Å². The monoisotopic (exact) mass is 738 g/mol. The Balaban J connectivity index is 2.01. The second-order valence-electron chi connectivity index (χ2n) is 13.6. The number of rotatable bonds is 22. The molecule has 1 saturated heterocycles. The van der Waals surface area contributed by atoms with E-state index in [9.17, 15) is 14.7 Å². The second kappa shape index (κ2) is 21.8. The van der Waals surface area contributed by atoms with Crippen molar-refractivity contribution in [3.8, 4) is 5.75 Å². The van der Waals surface area contributed by atoms with E-state index in [1.54, 1.807) is 39.2 Å². The number of hydrogen-bond acceptors (Lipinski definition) is 11. The third-order valence-electron chi connectivity index (χ3n) is 9.35. The number of carbonyl (C=O) groups is 2. The molecule has 53 heavy (non-hydrogen) atoms. The fourth-order valence-corrected chi connectivity index (χ4v) is 6.03. The molecule has 0 saturated carbocycles. The van der Waals surface area contributed by atoms with Gasteiger partial charge in [0.2, 0.25) is 5.79 Å². The Bertz CT molecular complexity index is 1470. The van der Waals surface area contributed by atoms with Crippen LogP contribution < -0.4 is 4.74 Å². The minimum Gasteiger partial charge on any atom is -0.497 e. The highest BCUT2D eigenvalue weighted by atomic mass is 16.7. The lowest BCUT2D eigenvalue weighted by atomic mass is 9.74. The summed E-state index contributed by atoms with van der Waals surface area (Å²) in [6.07, 6.45) is 5.26. The van der Waals surface area contributed by atoms with Gasteiger partial charge in [-0.25, -0.2) is 4.79 Å². The van der Waals surface area contributed by atoms with Gasteiger partial charge in [0.15, 0.2) is 12.4 Å². The summed E-state index contributed by atoms with van der Waals surface area (Å²) in [4.78, 5) is 26.1. The lowest BCUT2D eigenvalue weighted by molar-refractivity contribution is -0.328. The highest BCUT2D eigenvalue weighted by molar-refractivity contribution is 5.83. The smallest absolute Gasteiger partial charge is 0.330 e. The van der Waals surface area contributed by atoms with Crippen LogP contribution in [-0.4, -0.2) is 82.0 Å². The van der Waals surface area contributed by atoms with Gasteiger partial charge in [-0.3, -0.25) is 4.79 Å². The molecule has 0 amide bonds. The lowest BCUT2D eigenvalue weighted by Crippen LogP contribution is -2.62. The number of ether oxygens (including phenoxy) is 8. The number of esters is 2. The topological polar surface area (TPSA) is 128 Å². The van der Waals surface area contributed by atoms with Crippen molar-refractivity contribution in [2.45, 2.75) is 109 Å². The quantitative estimate of drug-likeness (QED) is 0.0441. The van der Waals surface area contributed by atoms with Crippen molar-refractivity contribution in [2.24, 2.45) is 5.41 Å². The van der Waals surface area contributed by atoms with Crippen LogP contribution in [-0.2, 0) is 56.0 Å².